The predicted molar refractivity (Wildman–Crippen MR) is 58.2 cm³/mol. The molecule has 0 bridgehead atoms. The zero-order valence-corrected chi connectivity index (χ0v) is 9.11. The van der Waals surface area contributed by atoms with Crippen molar-refractivity contribution in [2.24, 2.45) is 5.73 Å². The Hall–Kier alpha value is -1.66. The SMILES string of the molecule is NC(=O)Oc1ccc(C2CNCCO2)c(F)c1. The van der Waals surface area contributed by atoms with E-state index in [4.69, 9.17) is 10.5 Å². The molecule has 1 amide bonds. The zero-order chi connectivity index (χ0) is 12.3. The van der Waals surface area contributed by atoms with E-state index < -0.39 is 11.9 Å². The number of primary amides is 1. The standard InChI is InChI=1S/C11H13FN2O3/c12-9-5-7(17-11(13)15)1-2-8(9)10-6-14-3-4-16-10/h1-2,5,10,14H,3-4,6H2,(H2,13,15). The van der Waals surface area contributed by atoms with E-state index in [-0.39, 0.29) is 11.9 Å². The van der Waals surface area contributed by atoms with Crippen LogP contribution in [0.2, 0.25) is 0 Å². The predicted octanol–water partition coefficient (Wildman–Crippen LogP) is 0.944. The number of benzene rings is 1. The van der Waals surface area contributed by atoms with Crippen molar-refractivity contribution in [3.63, 3.8) is 0 Å². The van der Waals surface area contributed by atoms with Crippen molar-refractivity contribution in [3.8, 4) is 5.75 Å². The highest BCUT2D eigenvalue weighted by atomic mass is 19.1. The molecule has 0 aliphatic carbocycles. The van der Waals surface area contributed by atoms with Crippen LogP contribution in [-0.2, 0) is 4.74 Å². The summed E-state index contributed by atoms with van der Waals surface area (Å²) in [6, 6.07) is 4.14. The molecular formula is C11H13FN2O3. The first-order chi connectivity index (χ1) is 8.16. The molecule has 0 saturated carbocycles. The second-order valence-corrected chi connectivity index (χ2v) is 3.67. The Morgan fingerprint density at radius 3 is 3.00 bits per heavy atom. The van der Waals surface area contributed by atoms with Crippen LogP contribution in [0, 0.1) is 5.82 Å². The molecule has 1 aliphatic heterocycles. The summed E-state index contributed by atoms with van der Waals surface area (Å²) in [4.78, 5) is 10.5. The molecule has 0 radical (unpaired) electrons. The fraction of sp³-hybridized carbons (Fsp3) is 0.364. The highest BCUT2D eigenvalue weighted by molar-refractivity contribution is 5.68. The maximum atomic E-state index is 13.7. The molecule has 17 heavy (non-hydrogen) atoms. The number of amides is 1. The molecule has 1 saturated heterocycles. The highest BCUT2D eigenvalue weighted by Crippen LogP contribution is 2.25. The van der Waals surface area contributed by atoms with Crippen LogP contribution < -0.4 is 15.8 Å². The molecule has 1 unspecified atom stereocenters. The number of nitrogens with one attached hydrogen (secondary N) is 1. The molecule has 1 aromatic carbocycles. The molecule has 0 aromatic heterocycles. The number of hydrogen-bond donors (Lipinski definition) is 2. The van der Waals surface area contributed by atoms with E-state index in [9.17, 15) is 9.18 Å². The highest BCUT2D eigenvalue weighted by Gasteiger charge is 2.19. The van der Waals surface area contributed by atoms with Crippen LogP contribution in [0.3, 0.4) is 0 Å². The van der Waals surface area contributed by atoms with Crippen molar-refractivity contribution in [1.29, 1.82) is 0 Å². The number of rotatable bonds is 2. The molecule has 6 heteroatoms. The fourth-order valence-electron chi connectivity index (χ4n) is 1.71. The van der Waals surface area contributed by atoms with Crippen molar-refractivity contribution >= 4 is 6.09 Å². The van der Waals surface area contributed by atoms with Gasteiger partial charge in [-0.05, 0) is 12.1 Å². The monoisotopic (exact) mass is 240 g/mol. The van der Waals surface area contributed by atoms with Crippen molar-refractivity contribution in [2.75, 3.05) is 19.7 Å². The van der Waals surface area contributed by atoms with Gasteiger partial charge in [-0.2, -0.15) is 0 Å². The van der Waals surface area contributed by atoms with Crippen LogP contribution >= 0.6 is 0 Å². The maximum Gasteiger partial charge on any atom is 0.409 e. The van der Waals surface area contributed by atoms with Gasteiger partial charge in [0.1, 0.15) is 11.6 Å². The first-order valence-corrected chi connectivity index (χ1v) is 5.26. The molecule has 3 N–H and O–H groups in total. The van der Waals surface area contributed by atoms with E-state index in [0.717, 1.165) is 12.6 Å². The minimum Gasteiger partial charge on any atom is -0.410 e. The van der Waals surface area contributed by atoms with Gasteiger partial charge in [-0.1, -0.05) is 0 Å². The lowest BCUT2D eigenvalue weighted by atomic mass is 10.1. The second-order valence-electron chi connectivity index (χ2n) is 3.67. The number of hydrogen-bond acceptors (Lipinski definition) is 4. The Morgan fingerprint density at radius 1 is 1.59 bits per heavy atom. The largest absolute Gasteiger partial charge is 0.410 e. The van der Waals surface area contributed by atoms with Gasteiger partial charge in [0, 0.05) is 24.7 Å². The summed E-state index contributed by atoms with van der Waals surface area (Å²) in [6.07, 6.45) is -1.28. The Labute approximate surface area is 97.7 Å². The van der Waals surface area contributed by atoms with Gasteiger partial charge in [0.15, 0.2) is 0 Å². The Balaban J connectivity index is 2.15. The van der Waals surface area contributed by atoms with Gasteiger partial charge < -0.3 is 20.5 Å². The average molecular weight is 240 g/mol. The van der Waals surface area contributed by atoms with E-state index in [2.05, 4.69) is 10.1 Å². The first kappa shape index (κ1) is 11.8. The Kier molecular flexibility index (Phi) is 3.55. The van der Waals surface area contributed by atoms with E-state index in [1.165, 1.54) is 12.1 Å². The van der Waals surface area contributed by atoms with Crippen LogP contribution in [-0.4, -0.2) is 25.8 Å². The third kappa shape index (κ3) is 2.92. The lowest BCUT2D eigenvalue weighted by Gasteiger charge is -2.24. The molecule has 1 fully saturated rings. The normalized spacial score (nSPS) is 19.9. The summed E-state index contributed by atoms with van der Waals surface area (Å²) < 4.78 is 23.8. The summed E-state index contributed by atoms with van der Waals surface area (Å²) >= 11 is 0. The molecule has 1 aromatic rings. The molecule has 92 valence electrons. The van der Waals surface area contributed by atoms with Crippen LogP contribution in [0.5, 0.6) is 5.75 Å². The van der Waals surface area contributed by atoms with Crippen molar-refractivity contribution in [3.05, 3.63) is 29.6 Å². The fourth-order valence-corrected chi connectivity index (χ4v) is 1.71. The Bertz CT molecular complexity index is 419. The summed E-state index contributed by atoms with van der Waals surface area (Å²) in [5.41, 5.74) is 5.28. The molecule has 5 nitrogen and oxygen atoms in total. The lowest BCUT2D eigenvalue weighted by molar-refractivity contribution is 0.0255. The first-order valence-electron chi connectivity index (χ1n) is 5.26. The van der Waals surface area contributed by atoms with E-state index in [1.54, 1.807) is 0 Å². The number of morpholine rings is 1. The average Bonchev–Trinajstić information content (AvgIpc) is 2.29. The summed E-state index contributed by atoms with van der Waals surface area (Å²) in [5.74, 6) is -0.389. The third-order valence-corrected chi connectivity index (χ3v) is 2.46. The molecular weight excluding hydrogens is 227 g/mol. The van der Waals surface area contributed by atoms with E-state index >= 15 is 0 Å². The van der Waals surface area contributed by atoms with Crippen molar-refractivity contribution in [1.82, 2.24) is 5.32 Å². The third-order valence-electron chi connectivity index (χ3n) is 2.46. The summed E-state index contributed by atoms with van der Waals surface area (Å²) in [5, 5.41) is 3.11. The number of halogens is 1. The number of carbonyl (C=O) groups is 1. The minimum absolute atomic E-state index is 0.0857. The quantitative estimate of drug-likeness (QED) is 0.807. The molecule has 1 heterocycles. The van der Waals surface area contributed by atoms with Crippen LogP contribution in [0.1, 0.15) is 11.7 Å². The summed E-state index contributed by atoms with van der Waals surface area (Å²) in [7, 11) is 0. The topological polar surface area (TPSA) is 73.6 Å². The van der Waals surface area contributed by atoms with Crippen LogP contribution in [0.4, 0.5) is 9.18 Å². The molecule has 1 atom stereocenters. The molecule has 1 aliphatic rings. The van der Waals surface area contributed by atoms with Gasteiger partial charge in [0.25, 0.3) is 0 Å². The van der Waals surface area contributed by atoms with Gasteiger partial charge >= 0.3 is 6.09 Å². The van der Waals surface area contributed by atoms with Gasteiger partial charge in [-0.25, -0.2) is 9.18 Å². The second kappa shape index (κ2) is 5.11. The van der Waals surface area contributed by atoms with E-state index in [1.807, 2.05) is 0 Å². The number of nitrogens with two attached hydrogens (primary N) is 1. The zero-order valence-electron chi connectivity index (χ0n) is 9.11. The Morgan fingerprint density at radius 2 is 2.41 bits per heavy atom. The number of ether oxygens (including phenoxy) is 2. The minimum atomic E-state index is -0.965. The molecule has 2 rings (SSSR count). The van der Waals surface area contributed by atoms with Gasteiger partial charge in [-0.3, -0.25) is 0 Å². The van der Waals surface area contributed by atoms with Crippen LogP contribution in [0.15, 0.2) is 18.2 Å². The van der Waals surface area contributed by atoms with Gasteiger partial charge in [-0.15, -0.1) is 0 Å². The van der Waals surface area contributed by atoms with Crippen molar-refractivity contribution < 1.29 is 18.7 Å². The van der Waals surface area contributed by atoms with Crippen molar-refractivity contribution in [2.45, 2.75) is 6.10 Å². The molecule has 0 spiro atoms. The van der Waals surface area contributed by atoms with Crippen LogP contribution in [0.25, 0.3) is 0 Å². The lowest BCUT2D eigenvalue weighted by Crippen LogP contribution is -2.33. The smallest absolute Gasteiger partial charge is 0.409 e. The van der Waals surface area contributed by atoms with Gasteiger partial charge in [0.2, 0.25) is 0 Å². The van der Waals surface area contributed by atoms with Gasteiger partial charge in [0.05, 0.1) is 12.7 Å². The maximum absolute atomic E-state index is 13.7. The number of carbonyl (C=O) groups excluding carboxylic acids is 1. The summed E-state index contributed by atoms with van der Waals surface area (Å²) in [6.45, 7) is 1.87. The van der Waals surface area contributed by atoms with E-state index in [0.29, 0.717) is 18.7 Å².